The highest BCUT2D eigenvalue weighted by Gasteiger charge is 2.41. The average molecular weight is 323 g/mol. The monoisotopic (exact) mass is 322 g/mol. The van der Waals surface area contributed by atoms with Gasteiger partial charge >= 0.3 is 6.18 Å². The second-order valence-corrected chi connectivity index (χ2v) is 4.84. The van der Waals surface area contributed by atoms with Crippen LogP contribution < -0.4 is 9.24 Å². The first-order valence-corrected chi connectivity index (χ1v) is 6.58. The Balaban J connectivity index is 1.96. The molecule has 6 heteroatoms. The quantitative estimate of drug-likeness (QED) is 0.821. The van der Waals surface area contributed by atoms with Crippen LogP contribution in [0.3, 0.4) is 0 Å². The van der Waals surface area contributed by atoms with Crippen LogP contribution >= 0.6 is 16.1 Å². The van der Waals surface area contributed by atoms with Gasteiger partial charge in [-0.3, -0.25) is 0 Å². The number of nitrogens with zero attached hydrogens (tertiary/aromatic N) is 1. The number of nitrogens with one attached hydrogen (secondary N) is 1. The van der Waals surface area contributed by atoms with Crippen LogP contribution in [-0.2, 0) is 0 Å². The summed E-state index contributed by atoms with van der Waals surface area (Å²) >= 11 is 3.12. The zero-order valence-electron chi connectivity index (χ0n) is 9.67. The van der Waals surface area contributed by atoms with Gasteiger partial charge in [-0.15, -0.1) is 0 Å². The lowest BCUT2D eigenvalue weighted by Gasteiger charge is -2.34. The summed E-state index contributed by atoms with van der Waals surface area (Å²) in [6.07, 6.45) is -3.68. The van der Waals surface area contributed by atoms with Crippen molar-refractivity contribution in [1.82, 2.24) is 0 Å². The van der Waals surface area contributed by atoms with E-state index >= 15 is 0 Å². The van der Waals surface area contributed by atoms with E-state index < -0.39 is 12.1 Å². The first-order valence-electron chi connectivity index (χ1n) is 5.79. The Bertz CT molecular complexity index is 383. The summed E-state index contributed by atoms with van der Waals surface area (Å²) in [6, 6.07) is 7.61. The van der Waals surface area contributed by atoms with E-state index in [1.807, 2.05) is 29.2 Å². The van der Waals surface area contributed by atoms with Gasteiger partial charge in [0.1, 0.15) is 0 Å². The molecule has 0 aliphatic carbocycles. The molecule has 100 valence electrons. The smallest absolute Gasteiger partial charge is 0.372 e. The van der Waals surface area contributed by atoms with Crippen LogP contribution in [0, 0.1) is 5.92 Å². The number of hydrogen-bond donors (Lipinski definition) is 1. The molecular formula is C12H14BrF3N2. The fourth-order valence-corrected chi connectivity index (χ4v) is 2.46. The van der Waals surface area contributed by atoms with Gasteiger partial charge in [-0.05, 0) is 37.1 Å². The van der Waals surface area contributed by atoms with Crippen LogP contribution in [0.15, 0.2) is 24.3 Å². The van der Waals surface area contributed by atoms with Gasteiger partial charge in [0, 0.05) is 40.6 Å². The number of alkyl halides is 3. The predicted octanol–water partition coefficient (Wildman–Crippen LogP) is 4.19. The van der Waals surface area contributed by atoms with Crippen LogP contribution in [-0.4, -0.2) is 19.3 Å². The molecule has 0 aromatic heterocycles. The molecule has 1 aliphatic rings. The van der Waals surface area contributed by atoms with Crippen molar-refractivity contribution >= 4 is 27.5 Å². The maximum atomic E-state index is 12.5. The number of piperidine rings is 1. The Hall–Kier alpha value is -0.910. The molecule has 0 amide bonds. The summed E-state index contributed by atoms with van der Waals surface area (Å²) in [4.78, 5) is 2.00. The fraction of sp³-hybridized carbons (Fsp3) is 0.500. The summed E-state index contributed by atoms with van der Waals surface area (Å²) in [5.74, 6) is -1.14. The first kappa shape index (κ1) is 13.5. The van der Waals surface area contributed by atoms with Gasteiger partial charge in [0.2, 0.25) is 0 Å². The van der Waals surface area contributed by atoms with Crippen LogP contribution in [0.4, 0.5) is 24.5 Å². The van der Waals surface area contributed by atoms with Gasteiger partial charge < -0.3 is 9.24 Å². The zero-order valence-corrected chi connectivity index (χ0v) is 11.3. The van der Waals surface area contributed by atoms with E-state index in [0.717, 1.165) is 11.4 Å². The van der Waals surface area contributed by atoms with Gasteiger partial charge in [0.05, 0.1) is 5.92 Å². The topological polar surface area (TPSA) is 15.3 Å². The maximum Gasteiger partial charge on any atom is 0.391 e. The Kier molecular flexibility index (Phi) is 4.04. The van der Waals surface area contributed by atoms with Crippen LogP contribution in [0.1, 0.15) is 12.8 Å². The van der Waals surface area contributed by atoms with E-state index in [1.54, 1.807) is 0 Å². The minimum atomic E-state index is -4.05. The molecule has 1 fully saturated rings. The molecule has 0 unspecified atom stereocenters. The molecule has 0 radical (unpaired) electrons. The zero-order chi connectivity index (χ0) is 13.2. The minimum absolute atomic E-state index is 0.182. The van der Waals surface area contributed by atoms with Crippen molar-refractivity contribution in [2.24, 2.45) is 5.92 Å². The second kappa shape index (κ2) is 5.38. The summed E-state index contributed by atoms with van der Waals surface area (Å²) in [5, 5.41) is 0. The number of hydrogen-bond acceptors (Lipinski definition) is 2. The third-order valence-electron chi connectivity index (χ3n) is 3.30. The highest BCUT2D eigenvalue weighted by Crippen LogP contribution is 2.35. The molecule has 2 rings (SSSR count). The molecule has 0 bridgehead atoms. The molecule has 1 heterocycles. The Morgan fingerprint density at radius 3 is 2.11 bits per heavy atom. The van der Waals surface area contributed by atoms with Gasteiger partial charge in [-0.2, -0.15) is 13.2 Å². The number of rotatable bonds is 2. The highest BCUT2D eigenvalue weighted by molar-refractivity contribution is 9.10. The molecule has 0 atom stereocenters. The molecule has 1 N–H and O–H groups in total. The van der Waals surface area contributed by atoms with Gasteiger partial charge in [-0.1, -0.05) is 0 Å². The van der Waals surface area contributed by atoms with E-state index in [-0.39, 0.29) is 12.8 Å². The van der Waals surface area contributed by atoms with E-state index in [1.165, 1.54) is 0 Å². The van der Waals surface area contributed by atoms with E-state index in [9.17, 15) is 13.2 Å². The molecule has 18 heavy (non-hydrogen) atoms. The Morgan fingerprint density at radius 2 is 1.67 bits per heavy atom. The van der Waals surface area contributed by atoms with Crippen molar-refractivity contribution < 1.29 is 13.2 Å². The first-order chi connectivity index (χ1) is 8.50. The summed E-state index contributed by atoms with van der Waals surface area (Å²) in [7, 11) is 0. The van der Waals surface area contributed by atoms with Crippen molar-refractivity contribution in [2.45, 2.75) is 19.0 Å². The highest BCUT2D eigenvalue weighted by atomic mass is 79.9. The summed E-state index contributed by atoms with van der Waals surface area (Å²) < 4.78 is 40.4. The number of benzene rings is 1. The minimum Gasteiger partial charge on any atom is -0.372 e. The van der Waals surface area contributed by atoms with E-state index in [2.05, 4.69) is 20.5 Å². The molecule has 1 saturated heterocycles. The average Bonchev–Trinajstić information content (AvgIpc) is 2.38. The van der Waals surface area contributed by atoms with Crippen molar-refractivity contribution in [1.29, 1.82) is 0 Å². The Morgan fingerprint density at radius 1 is 1.11 bits per heavy atom. The molecule has 1 aliphatic heterocycles. The maximum absolute atomic E-state index is 12.5. The van der Waals surface area contributed by atoms with E-state index in [4.69, 9.17) is 0 Å². The van der Waals surface area contributed by atoms with Crippen LogP contribution in [0.2, 0.25) is 0 Å². The van der Waals surface area contributed by atoms with Crippen molar-refractivity contribution in [3.8, 4) is 0 Å². The predicted molar refractivity (Wildman–Crippen MR) is 70.0 cm³/mol. The van der Waals surface area contributed by atoms with E-state index in [0.29, 0.717) is 13.1 Å². The second-order valence-electron chi connectivity index (χ2n) is 4.44. The van der Waals surface area contributed by atoms with Crippen LogP contribution in [0.25, 0.3) is 0 Å². The lowest BCUT2D eigenvalue weighted by atomic mass is 9.96. The summed E-state index contributed by atoms with van der Waals surface area (Å²) in [5.41, 5.74) is 1.89. The van der Waals surface area contributed by atoms with Crippen molar-refractivity contribution in [3.05, 3.63) is 24.3 Å². The lowest BCUT2D eigenvalue weighted by Crippen LogP contribution is -2.38. The third-order valence-corrected chi connectivity index (χ3v) is 3.76. The SMILES string of the molecule is FC(F)(F)C1CCN(c2ccc(NBr)cc2)CC1. The number of halogens is 4. The van der Waals surface area contributed by atoms with Crippen molar-refractivity contribution in [2.75, 3.05) is 22.3 Å². The third kappa shape index (κ3) is 3.10. The normalized spacial score (nSPS) is 17.9. The molecule has 2 nitrogen and oxygen atoms in total. The van der Waals surface area contributed by atoms with Crippen molar-refractivity contribution in [3.63, 3.8) is 0 Å². The van der Waals surface area contributed by atoms with Gasteiger partial charge in [-0.25, -0.2) is 0 Å². The molecule has 0 spiro atoms. The molecule has 0 saturated carbocycles. The van der Waals surface area contributed by atoms with Gasteiger partial charge in [0.15, 0.2) is 0 Å². The fourth-order valence-electron chi connectivity index (χ4n) is 2.20. The molecule has 1 aromatic rings. The summed E-state index contributed by atoms with van der Waals surface area (Å²) in [6.45, 7) is 0.927. The van der Waals surface area contributed by atoms with Gasteiger partial charge in [0.25, 0.3) is 0 Å². The lowest BCUT2D eigenvalue weighted by molar-refractivity contribution is -0.179. The van der Waals surface area contributed by atoms with Crippen LogP contribution in [0.5, 0.6) is 0 Å². The number of anilines is 2. The standard InChI is InChI=1S/C12H14BrF3N2/c13-17-10-1-3-11(4-2-10)18-7-5-9(6-8-18)12(14,15)16/h1-4,9,17H,5-8H2. The molecular weight excluding hydrogens is 309 g/mol. The Labute approximate surface area is 112 Å². The molecule has 1 aromatic carbocycles. The largest absolute Gasteiger partial charge is 0.391 e.